The van der Waals surface area contributed by atoms with E-state index < -0.39 is 0 Å². The fraction of sp³-hybridized carbons (Fsp3) is 0.900. The van der Waals surface area contributed by atoms with Gasteiger partial charge in [-0.15, -0.1) is 0 Å². The van der Waals surface area contributed by atoms with Crippen molar-refractivity contribution < 1.29 is 0 Å². The maximum absolute atomic E-state index is 7.15. The lowest BCUT2D eigenvalue weighted by molar-refractivity contribution is 0.223. The monoisotopic (exact) mass is 198 g/mol. The third kappa shape index (κ3) is 3.64. The van der Waals surface area contributed by atoms with Crippen LogP contribution in [0.5, 0.6) is 0 Å². The fourth-order valence-electron chi connectivity index (χ4n) is 1.97. The van der Waals surface area contributed by atoms with Gasteiger partial charge in [0.15, 0.2) is 0 Å². The predicted octanol–water partition coefficient (Wildman–Crippen LogP) is 0.338. The van der Waals surface area contributed by atoms with Crippen molar-refractivity contribution in [1.82, 2.24) is 9.80 Å². The number of nitrogens with zero attached hydrogens (tertiary/aromatic N) is 2. The highest BCUT2D eigenvalue weighted by molar-refractivity contribution is 5.76. The van der Waals surface area contributed by atoms with E-state index in [4.69, 9.17) is 11.1 Å². The molecule has 0 aromatic carbocycles. The van der Waals surface area contributed by atoms with Crippen LogP contribution in [0.1, 0.15) is 19.3 Å². The van der Waals surface area contributed by atoms with E-state index in [2.05, 4.69) is 23.9 Å². The van der Waals surface area contributed by atoms with E-state index in [1.54, 1.807) is 0 Å². The van der Waals surface area contributed by atoms with Crippen molar-refractivity contribution in [1.29, 1.82) is 5.41 Å². The molecule has 0 aliphatic carbocycles. The largest absolute Gasteiger partial charge is 0.388 e. The third-order valence-corrected chi connectivity index (χ3v) is 2.96. The first-order valence-electron chi connectivity index (χ1n) is 5.31. The van der Waals surface area contributed by atoms with Crippen molar-refractivity contribution in [3.8, 4) is 0 Å². The van der Waals surface area contributed by atoms with Crippen LogP contribution in [0.3, 0.4) is 0 Å². The first kappa shape index (κ1) is 11.5. The third-order valence-electron chi connectivity index (χ3n) is 2.96. The van der Waals surface area contributed by atoms with Crippen LogP contribution in [0.4, 0.5) is 0 Å². The molecule has 0 saturated carbocycles. The minimum absolute atomic E-state index is 0.289. The molecule has 1 saturated heterocycles. The minimum Gasteiger partial charge on any atom is -0.388 e. The van der Waals surface area contributed by atoms with Gasteiger partial charge in [-0.1, -0.05) is 0 Å². The van der Waals surface area contributed by atoms with Gasteiger partial charge in [0.25, 0.3) is 0 Å². The van der Waals surface area contributed by atoms with Crippen molar-refractivity contribution in [2.45, 2.75) is 25.3 Å². The summed E-state index contributed by atoms with van der Waals surface area (Å²) < 4.78 is 0. The van der Waals surface area contributed by atoms with Crippen molar-refractivity contribution in [2.75, 3.05) is 33.7 Å². The summed E-state index contributed by atoms with van der Waals surface area (Å²) in [4.78, 5) is 4.69. The average Bonchev–Trinajstić information content (AvgIpc) is 2.49. The highest BCUT2D eigenvalue weighted by Gasteiger charge is 2.21. The Hall–Kier alpha value is -0.610. The molecule has 4 heteroatoms. The number of likely N-dealkylation sites (tertiary alicyclic amines) is 1. The molecule has 1 aliphatic heterocycles. The first-order valence-corrected chi connectivity index (χ1v) is 5.31. The molecule has 1 heterocycles. The Morgan fingerprint density at radius 1 is 1.64 bits per heavy atom. The van der Waals surface area contributed by atoms with E-state index in [1.807, 2.05) is 0 Å². The molecule has 1 aliphatic rings. The standard InChI is InChI=1S/C10H22N4/c1-13(7-5-10(11)12)8-9-4-3-6-14(9)2/h9H,3-8H2,1-2H3,(H3,11,12). The van der Waals surface area contributed by atoms with Crippen LogP contribution in [-0.4, -0.2) is 55.4 Å². The van der Waals surface area contributed by atoms with Crippen LogP contribution in [0, 0.1) is 5.41 Å². The van der Waals surface area contributed by atoms with E-state index in [9.17, 15) is 0 Å². The van der Waals surface area contributed by atoms with E-state index in [0.717, 1.165) is 13.1 Å². The molecule has 0 aromatic heterocycles. The second-order valence-electron chi connectivity index (χ2n) is 4.31. The molecule has 1 rings (SSSR count). The number of hydrogen-bond acceptors (Lipinski definition) is 3. The molecule has 82 valence electrons. The molecular weight excluding hydrogens is 176 g/mol. The lowest BCUT2D eigenvalue weighted by atomic mass is 10.2. The number of likely N-dealkylation sites (N-methyl/N-ethyl adjacent to an activating group) is 2. The molecule has 0 bridgehead atoms. The lowest BCUT2D eigenvalue weighted by Gasteiger charge is -2.25. The Labute approximate surface area is 86.6 Å². The van der Waals surface area contributed by atoms with Gasteiger partial charge in [0.2, 0.25) is 0 Å². The second kappa shape index (κ2) is 5.32. The molecule has 0 radical (unpaired) electrons. The Morgan fingerprint density at radius 2 is 2.36 bits per heavy atom. The summed E-state index contributed by atoms with van der Waals surface area (Å²) in [5.74, 6) is 0.289. The molecule has 1 fully saturated rings. The quantitative estimate of drug-likeness (QED) is 0.495. The van der Waals surface area contributed by atoms with Gasteiger partial charge in [-0.25, -0.2) is 0 Å². The predicted molar refractivity (Wildman–Crippen MR) is 59.7 cm³/mol. The van der Waals surface area contributed by atoms with Gasteiger partial charge in [-0.2, -0.15) is 0 Å². The molecule has 14 heavy (non-hydrogen) atoms. The Balaban J connectivity index is 2.19. The average molecular weight is 198 g/mol. The molecule has 0 amide bonds. The number of nitrogens with two attached hydrogens (primary N) is 1. The summed E-state index contributed by atoms with van der Waals surface area (Å²) in [5, 5.41) is 7.15. The number of rotatable bonds is 5. The zero-order valence-corrected chi connectivity index (χ0v) is 9.29. The maximum atomic E-state index is 7.15. The van der Waals surface area contributed by atoms with Crippen molar-refractivity contribution in [2.24, 2.45) is 5.73 Å². The zero-order chi connectivity index (χ0) is 10.6. The summed E-state index contributed by atoms with van der Waals surface area (Å²) in [5.41, 5.74) is 5.32. The van der Waals surface area contributed by atoms with Crippen LogP contribution >= 0.6 is 0 Å². The van der Waals surface area contributed by atoms with Gasteiger partial charge >= 0.3 is 0 Å². The number of amidine groups is 1. The molecule has 0 aromatic rings. The molecule has 0 spiro atoms. The van der Waals surface area contributed by atoms with Crippen molar-refractivity contribution in [3.63, 3.8) is 0 Å². The molecular formula is C10H22N4. The normalized spacial score (nSPS) is 23.2. The topological polar surface area (TPSA) is 56.4 Å². The zero-order valence-electron chi connectivity index (χ0n) is 9.29. The van der Waals surface area contributed by atoms with Gasteiger partial charge in [0, 0.05) is 25.6 Å². The SMILES string of the molecule is CN(CCC(=N)N)CC1CCCN1C. The maximum Gasteiger partial charge on any atom is 0.0918 e. The van der Waals surface area contributed by atoms with E-state index in [1.165, 1.54) is 19.4 Å². The smallest absolute Gasteiger partial charge is 0.0918 e. The van der Waals surface area contributed by atoms with E-state index in [-0.39, 0.29) is 5.84 Å². The minimum atomic E-state index is 0.289. The highest BCUT2D eigenvalue weighted by Crippen LogP contribution is 2.15. The van der Waals surface area contributed by atoms with Crippen LogP contribution in [0.15, 0.2) is 0 Å². The summed E-state index contributed by atoms with van der Waals surface area (Å²) in [6, 6.07) is 0.701. The number of hydrogen-bond donors (Lipinski definition) is 2. The van der Waals surface area contributed by atoms with Crippen LogP contribution in [0.2, 0.25) is 0 Å². The van der Waals surface area contributed by atoms with Gasteiger partial charge in [0.1, 0.15) is 0 Å². The summed E-state index contributed by atoms with van der Waals surface area (Å²) in [6.07, 6.45) is 3.32. The number of nitrogens with one attached hydrogen (secondary N) is 1. The lowest BCUT2D eigenvalue weighted by Crippen LogP contribution is -2.37. The molecule has 1 unspecified atom stereocenters. The summed E-state index contributed by atoms with van der Waals surface area (Å²) >= 11 is 0. The van der Waals surface area contributed by atoms with E-state index in [0.29, 0.717) is 12.5 Å². The first-order chi connectivity index (χ1) is 6.59. The Kier molecular flexibility index (Phi) is 4.35. The summed E-state index contributed by atoms with van der Waals surface area (Å²) in [7, 11) is 4.30. The van der Waals surface area contributed by atoms with Crippen LogP contribution in [0.25, 0.3) is 0 Å². The van der Waals surface area contributed by atoms with Crippen LogP contribution in [-0.2, 0) is 0 Å². The molecule has 4 nitrogen and oxygen atoms in total. The fourth-order valence-corrected chi connectivity index (χ4v) is 1.97. The van der Waals surface area contributed by atoms with Gasteiger partial charge in [-0.05, 0) is 33.5 Å². The second-order valence-corrected chi connectivity index (χ2v) is 4.31. The van der Waals surface area contributed by atoms with Crippen LogP contribution < -0.4 is 5.73 Å². The Morgan fingerprint density at radius 3 is 2.86 bits per heavy atom. The molecule has 1 atom stereocenters. The molecule has 3 N–H and O–H groups in total. The van der Waals surface area contributed by atoms with Gasteiger partial charge in [-0.3, -0.25) is 5.41 Å². The van der Waals surface area contributed by atoms with Gasteiger partial charge < -0.3 is 15.5 Å². The summed E-state index contributed by atoms with van der Waals surface area (Å²) in [6.45, 7) is 3.23. The van der Waals surface area contributed by atoms with Gasteiger partial charge in [0.05, 0.1) is 5.84 Å². The highest BCUT2D eigenvalue weighted by atomic mass is 15.2. The van der Waals surface area contributed by atoms with Crippen molar-refractivity contribution in [3.05, 3.63) is 0 Å². The van der Waals surface area contributed by atoms with Crippen molar-refractivity contribution >= 4 is 5.84 Å². The Bertz CT molecular complexity index is 193. The van der Waals surface area contributed by atoms with E-state index >= 15 is 0 Å².